The van der Waals surface area contributed by atoms with Crippen LogP contribution in [-0.4, -0.2) is 55.3 Å². The number of carbonyl (C=O) groups is 2. The maximum atomic E-state index is 12.6. The highest BCUT2D eigenvalue weighted by Crippen LogP contribution is 2.32. The number of hydrogen-bond acceptors (Lipinski definition) is 4. The van der Waals surface area contributed by atoms with Crippen LogP contribution in [0, 0.1) is 6.92 Å². The Hall–Kier alpha value is -1.89. The third kappa shape index (κ3) is 4.39. The van der Waals surface area contributed by atoms with Crippen LogP contribution in [0.2, 0.25) is 0 Å². The Labute approximate surface area is 148 Å². The Bertz CT molecular complexity index is 771. The summed E-state index contributed by atoms with van der Waals surface area (Å²) in [7, 11) is -3.02. The maximum Gasteiger partial charge on any atom is 0.251 e. The summed E-state index contributed by atoms with van der Waals surface area (Å²) in [6.45, 7) is 2.13. The molecule has 0 aromatic heterocycles. The molecule has 1 aliphatic carbocycles. The van der Waals surface area contributed by atoms with E-state index in [0.717, 1.165) is 18.4 Å². The van der Waals surface area contributed by atoms with Crippen LogP contribution < -0.4 is 5.32 Å². The number of carbonyl (C=O) groups excluding carboxylic acids is 2. The van der Waals surface area contributed by atoms with Crippen LogP contribution in [0.15, 0.2) is 24.3 Å². The summed E-state index contributed by atoms with van der Waals surface area (Å²) in [5, 5.41) is 2.79. The summed E-state index contributed by atoms with van der Waals surface area (Å²) in [6.07, 6.45) is 2.61. The minimum atomic E-state index is -3.02. The lowest BCUT2D eigenvalue weighted by atomic mass is 10.1. The molecule has 1 atom stereocenters. The molecule has 1 heterocycles. The zero-order valence-electron chi connectivity index (χ0n) is 14.4. The van der Waals surface area contributed by atoms with Crippen molar-refractivity contribution in [2.45, 2.75) is 44.7 Å². The van der Waals surface area contributed by atoms with Crippen LogP contribution in [-0.2, 0) is 14.6 Å². The number of hydrogen-bond donors (Lipinski definition) is 1. The maximum absolute atomic E-state index is 12.6. The quantitative estimate of drug-likeness (QED) is 0.824. The minimum Gasteiger partial charge on any atom is -0.352 e. The van der Waals surface area contributed by atoms with Crippen molar-refractivity contribution >= 4 is 21.7 Å². The number of benzene rings is 1. The Morgan fingerprint density at radius 2 is 1.88 bits per heavy atom. The molecule has 7 heteroatoms. The van der Waals surface area contributed by atoms with Gasteiger partial charge in [-0.25, -0.2) is 8.42 Å². The average molecular weight is 364 g/mol. The van der Waals surface area contributed by atoms with Gasteiger partial charge in [-0.1, -0.05) is 18.2 Å². The normalized spacial score (nSPS) is 21.7. The molecule has 6 nitrogen and oxygen atoms in total. The number of nitrogens with one attached hydrogen (secondary N) is 1. The summed E-state index contributed by atoms with van der Waals surface area (Å²) < 4.78 is 23.4. The lowest BCUT2D eigenvalue weighted by Gasteiger charge is -2.28. The fourth-order valence-corrected chi connectivity index (χ4v) is 5.10. The van der Waals surface area contributed by atoms with Crippen LogP contribution in [0.5, 0.6) is 0 Å². The molecule has 1 unspecified atom stereocenters. The summed E-state index contributed by atoms with van der Waals surface area (Å²) >= 11 is 0. The zero-order chi connectivity index (χ0) is 18.0. The Balaban J connectivity index is 1.54. The third-order valence-corrected chi connectivity index (χ3v) is 6.59. The van der Waals surface area contributed by atoms with Gasteiger partial charge < -0.3 is 10.2 Å². The van der Waals surface area contributed by atoms with E-state index in [1.165, 1.54) is 0 Å². The topological polar surface area (TPSA) is 83.6 Å². The van der Waals surface area contributed by atoms with Crippen molar-refractivity contribution in [1.29, 1.82) is 0 Å². The molecule has 0 radical (unpaired) electrons. The molecule has 136 valence electrons. The number of sulfone groups is 1. The van der Waals surface area contributed by atoms with Crippen molar-refractivity contribution < 1.29 is 18.0 Å². The predicted molar refractivity (Wildman–Crippen MR) is 95.1 cm³/mol. The molecule has 1 saturated heterocycles. The van der Waals surface area contributed by atoms with Crippen molar-refractivity contribution in [1.82, 2.24) is 10.2 Å². The molecule has 2 amide bonds. The van der Waals surface area contributed by atoms with Crippen LogP contribution in [0.3, 0.4) is 0 Å². The molecule has 1 aromatic carbocycles. The van der Waals surface area contributed by atoms with E-state index in [9.17, 15) is 18.0 Å². The molecule has 3 rings (SSSR count). The van der Waals surface area contributed by atoms with E-state index in [4.69, 9.17) is 0 Å². The minimum absolute atomic E-state index is 0.0605. The Morgan fingerprint density at radius 1 is 1.16 bits per heavy atom. The predicted octanol–water partition coefficient (Wildman–Crippen LogP) is 1.29. The second-order valence-electron chi connectivity index (χ2n) is 6.91. The molecule has 0 spiro atoms. The van der Waals surface area contributed by atoms with Crippen molar-refractivity contribution in [3.63, 3.8) is 0 Å². The highest BCUT2D eigenvalue weighted by molar-refractivity contribution is 7.91. The number of nitrogens with zero attached hydrogens (tertiary/aromatic N) is 1. The first-order valence-electron chi connectivity index (χ1n) is 8.73. The van der Waals surface area contributed by atoms with Crippen LogP contribution in [0.25, 0.3) is 0 Å². The van der Waals surface area contributed by atoms with E-state index in [0.29, 0.717) is 12.0 Å². The van der Waals surface area contributed by atoms with Gasteiger partial charge in [-0.15, -0.1) is 0 Å². The van der Waals surface area contributed by atoms with Crippen LogP contribution >= 0.6 is 0 Å². The van der Waals surface area contributed by atoms with Gasteiger partial charge in [0.2, 0.25) is 5.91 Å². The summed E-state index contributed by atoms with van der Waals surface area (Å²) in [6, 6.07) is 7.29. The van der Waals surface area contributed by atoms with Gasteiger partial charge in [-0.3, -0.25) is 9.59 Å². The van der Waals surface area contributed by atoms with E-state index >= 15 is 0 Å². The highest BCUT2D eigenvalue weighted by Gasteiger charge is 2.41. The molecular weight excluding hydrogens is 340 g/mol. The fraction of sp³-hybridized carbons (Fsp3) is 0.556. The van der Waals surface area contributed by atoms with Gasteiger partial charge in [0.1, 0.15) is 0 Å². The lowest BCUT2D eigenvalue weighted by Crippen LogP contribution is -2.44. The van der Waals surface area contributed by atoms with E-state index in [2.05, 4.69) is 5.32 Å². The number of aryl methyl sites for hydroxylation is 1. The summed E-state index contributed by atoms with van der Waals surface area (Å²) in [5.74, 6) is -0.00907. The summed E-state index contributed by atoms with van der Waals surface area (Å²) in [4.78, 5) is 26.5. The van der Waals surface area contributed by atoms with Crippen molar-refractivity contribution in [2.75, 3.05) is 18.1 Å². The Morgan fingerprint density at radius 3 is 2.48 bits per heavy atom. The van der Waals surface area contributed by atoms with Crippen molar-refractivity contribution in [3.05, 3.63) is 35.4 Å². The molecule has 0 bridgehead atoms. The van der Waals surface area contributed by atoms with Gasteiger partial charge in [0.25, 0.3) is 5.91 Å². The monoisotopic (exact) mass is 364 g/mol. The smallest absolute Gasteiger partial charge is 0.251 e. The third-order valence-electron chi connectivity index (χ3n) is 4.84. The molecule has 1 saturated carbocycles. The van der Waals surface area contributed by atoms with Gasteiger partial charge in [0.15, 0.2) is 9.84 Å². The van der Waals surface area contributed by atoms with E-state index in [1.807, 2.05) is 25.1 Å². The molecule has 1 aliphatic heterocycles. The highest BCUT2D eigenvalue weighted by atomic mass is 32.2. The largest absolute Gasteiger partial charge is 0.352 e. The first-order chi connectivity index (χ1) is 11.9. The van der Waals surface area contributed by atoms with E-state index < -0.39 is 9.84 Å². The first kappa shape index (κ1) is 17.9. The average Bonchev–Trinajstić information content (AvgIpc) is 3.31. The van der Waals surface area contributed by atoms with Crippen molar-refractivity contribution in [3.8, 4) is 0 Å². The lowest BCUT2D eigenvalue weighted by molar-refractivity contribution is -0.133. The van der Waals surface area contributed by atoms with Gasteiger partial charge in [0.05, 0.1) is 11.5 Å². The Kier molecular flexibility index (Phi) is 5.13. The molecular formula is C18H24N2O4S. The summed E-state index contributed by atoms with van der Waals surface area (Å²) in [5.41, 5.74) is 1.50. The van der Waals surface area contributed by atoms with Crippen molar-refractivity contribution in [2.24, 2.45) is 0 Å². The standard InChI is InChI=1S/C18H24N2O4S/c1-13-4-2-3-5-16(13)18(22)19-10-8-17(21)20(14-6-7-14)15-9-11-25(23,24)12-15/h2-5,14-15H,6-12H2,1H3,(H,19,22). The zero-order valence-corrected chi connectivity index (χ0v) is 15.2. The molecule has 2 fully saturated rings. The number of rotatable bonds is 6. The van der Waals surface area contributed by atoms with E-state index in [1.54, 1.807) is 11.0 Å². The molecule has 1 aromatic rings. The second kappa shape index (κ2) is 7.15. The molecule has 1 N–H and O–H groups in total. The van der Waals surface area contributed by atoms with Gasteiger partial charge >= 0.3 is 0 Å². The van der Waals surface area contributed by atoms with Crippen LogP contribution in [0.1, 0.15) is 41.6 Å². The first-order valence-corrected chi connectivity index (χ1v) is 10.5. The van der Waals surface area contributed by atoms with E-state index in [-0.39, 0.29) is 48.4 Å². The van der Waals surface area contributed by atoms with Crippen LogP contribution in [0.4, 0.5) is 0 Å². The van der Waals surface area contributed by atoms with Gasteiger partial charge in [-0.2, -0.15) is 0 Å². The SMILES string of the molecule is Cc1ccccc1C(=O)NCCC(=O)N(C1CC1)C1CCS(=O)(=O)C1. The fourth-order valence-electron chi connectivity index (χ4n) is 3.39. The van der Waals surface area contributed by atoms with Gasteiger partial charge in [0, 0.05) is 30.6 Å². The molecule has 25 heavy (non-hydrogen) atoms. The molecule has 2 aliphatic rings. The number of amides is 2. The second-order valence-corrected chi connectivity index (χ2v) is 9.14. The van der Waals surface area contributed by atoms with Gasteiger partial charge in [-0.05, 0) is 37.8 Å².